The molecule has 8 nitrogen and oxygen atoms in total. The summed E-state index contributed by atoms with van der Waals surface area (Å²) in [5, 5.41) is 13.2. The number of methoxy groups -OCH3 is 1. The third-order valence-corrected chi connectivity index (χ3v) is 6.25. The van der Waals surface area contributed by atoms with E-state index in [1.165, 1.54) is 35.7 Å². The number of hydrogen-bond donors (Lipinski definition) is 1. The number of aromatic nitrogens is 2. The van der Waals surface area contributed by atoms with Gasteiger partial charge in [-0.15, -0.1) is 11.3 Å². The number of amides is 1. The number of thiazole rings is 1. The van der Waals surface area contributed by atoms with Crippen LogP contribution in [0.3, 0.4) is 0 Å². The first-order valence-corrected chi connectivity index (χ1v) is 11.7. The van der Waals surface area contributed by atoms with Crippen molar-refractivity contribution in [2.24, 2.45) is 5.92 Å². The summed E-state index contributed by atoms with van der Waals surface area (Å²) in [6.07, 6.45) is 5.47. The van der Waals surface area contributed by atoms with Crippen molar-refractivity contribution in [2.75, 3.05) is 18.6 Å². The summed E-state index contributed by atoms with van der Waals surface area (Å²) in [5.74, 6) is -0.294. The Kier molecular flexibility index (Phi) is 6.93. The molecule has 0 spiro atoms. The lowest BCUT2D eigenvalue weighted by Gasteiger charge is -2.24. The molecule has 0 saturated carbocycles. The van der Waals surface area contributed by atoms with Crippen LogP contribution in [0.25, 0.3) is 5.76 Å². The summed E-state index contributed by atoms with van der Waals surface area (Å²) in [6, 6.07) is 7.51. The number of anilines is 1. The molecule has 3 aromatic rings. The number of ketones is 1. The monoisotopic (exact) mass is 479 g/mol. The second kappa shape index (κ2) is 10.0. The van der Waals surface area contributed by atoms with Crippen LogP contribution in [0.15, 0.2) is 59.9 Å². The molecule has 34 heavy (non-hydrogen) atoms. The summed E-state index contributed by atoms with van der Waals surface area (Å²) >= 11 is 1.23. The highest BCUT2D eigenvalue weighted by Gasteiger charge is 2.48. The minimum absolute atomic E-state index is 0.0260. The number of benzene rings is 1. The van der Waals surface area contributed by atoms with Crippen LogP contribution in [-0.4, -0.2) is 40.5 Å². The average molecular weight is 480 g/mol. The highest BCUT2D eigenvalue weighted by molar-refractivity contribution is 7.14. The van der Waals surface area contributed by atoms with Gasteiger partial charge >= 0.3 is 5.91 Å². The maximum atomic E-state index is 13.1. The van der Waals surface area contributed by atoms with Crippen molar-refractivity contribution in [3.8, 4) is 11.5 Å². The molecule has 0 bridgehead atoms. The Morgan fingerprint density at radius 1 is 1.15 bits per heavy atom. The van der Waals surface area contributed by atoms with Crippen molar-refractivity contribution in [2.45, 2.75) is 26.3 Å². The lowest BCUT2D eigenvalue weighted by molar-refractivity contribution is -0.132. The van der Waals surface area contributed by atoms with Gasteiger partial charge in [0.2, 0.25) is 0 Å². The van der Waals surface area contributed by atoms with Crippen molar-refractivity contribution in [3.05, 3.63) is 71.0 Å². The maximum Gasteiger partial charge on any atom is 0.301 e. The Morgan fingerprint density at radius 3 is 2.56 bits per heavy atom. The molecular formula is C25H25N3O5S. The molecule has 1 N–H and O–H groups in total. The summed E-state index contributed by atoms with van der Waals surface area (Å²) in [5.41, 5.74) is 0.942. The fraction of sp³-hybridized carbons (Fsp3) is 0.280. The van der Waals surface area contributed by atoms with E-state index < -0.39 is 17.7 Å². The van der Waals surface area contributed by atoms with Crippen LogP contribution < -0.4 is 14.4 Å². The van der Waals surface area contributed by atoms with Gasteiger partial charge in [0.05, 0.1) is 25.3 Å². The minimum atomic E-state index is -0.891. The molecule has 9 heteroatoms. The standard InChI is InChI=1S/C25H25N3O5S/c1-15(2)8-12-33-18-5-4-17(14-19(18)32-3)21-20(22(29)16-6-9-26-10-7-16)23(30)24(31)28(21)25-27-11-13-34-25/h4-7,9-11,13-15,21,29H,8,12H2,1-3H3/b22-20+. The predicted octanol–water partition coefficient (Wildman–Crippen LogP) is 4.60. The highest BCUT2D eigenvalue weighted by atomic mass is 32.1. The number of aliphatic hydroxyl groups is 1. The molecule has 1 atom stereocenters. The Labute approximate surface area is 201 Å². The lowest BCUT2D eigenvalue weighted by Crippen LogP contribution is -2.29. The zero-order valence-corrected chi connectivity index (χ0v) is 19.9. The van der Waals surface area contributed by atoms with E-state index in [0.29, 0.717) is 40.3 Å². The molecule has 176 valence electrons. The van der Waals surface area contributed by atoms with E-state index in [1.807, 2.05) is 0 Å². The first-order chi connectivity index (χ1) is 16.4. The van der Waals surface area contributed by atoms with E-state index in [2.05, 4.69) is 23.8 Å². The number of rotatable bonds is 8. The van der Waals surface area contributed by atoms with E-state index in [0.717, 1.165) is 6.42 Å². The predicted molar refractivity (Wildman–Crippen MR) is 129 cm³/mol. The van der Waals surface area contributed by atoms with Gasteiger partial charge in [-0.25, -0.2) is 4.98 Å². The summed E-state index contributed by atoms with van der Waals surface area (Å²) in [6.45, 7) is 4.77. The highest BCUT2D eigenvalue weighted by Crippen LogP contribution is 2.44. The van der Waals surface area contributed by atoms with E-state index in [1.54, 1.807) is 41.9 Å². The number of carbonyl (C=O) groups is 2. The van der Waals surface area contributed by atoms with Crippen LogP contribution >= 0.6 is 11.3 Å². The van der Waals surface area contributed by atoms with Gasteiger partial charge in [-0.2, -0.15) is 0 Å². The van der Waals surface area contributed by atoms with Crippen LogP contribution in [0.4, 0.5) is 5.13 Å². The third-order valence-electron chi connectivity index (χ3n) is 5.48. The molecule has 0 aliphatic carbocycles. The molecule has 1 aromatic carbocycles. The van der Waals surface area contributed by atoms with Gasteiger partial charge in [-0.05, 0) is 42.2 Å². The molecule has 1 aliphatic rings. The summed E-state index contributed by atoms with van der Waals surface area (Å²) in [4.78, 5) is 35.7. The smallest absolute Gasteiger partial charge is 0.301 e. The molecule has 1 unspecified atom stereocenters. The Morgan fingerprint density at radius 2 is 1.91 bits per heavy atom. The first kappa shape index (κ1) is 23.4. The first-order valence-electron chi connectivity index (χ1n) is 10.8. The van der Waals surface area contributed by atoms with Crippen LogP contribution in [-0.2, 0) is 9.59 Å². The number of aliphatic hydroxyl groups excluding tert-OH is 1. The molecule has 0 radical (unpaired) electrons. The lowest BCUT2D eigenvalue weighted by atomic mass is 9.95. The number of carbonyl (C=O) groups excluding carboxylic acids is 2. The molecular weight excluding hydrogens is 454 g/mol. The van der Waals surface area contributed by atoms with Crippen LogP contribution in [0.1, 0.15) is 37.4 Å². The minimum Gasteiger partial charge on any atom is -0.507 e. The molecule has 1 aliphatic heterocycles. The molecule has 1 fully saturated rings. The maximum absolute atomic E-state index is 13.1. The van der Waals surface area contributed by atoms with Gasteiger partial charge < -0.3 is 14.6 Å². The molecule has 4 rings (SSSR count). The SMILES string of the molecule is COc1cc(C2/C(=C(\O)c3ccncc3)C(=O)C(=O)N2c2nccs2)ccc1OCCC(C)C. The fourth-order valence-electron chi connectivity index (χ4n) is 3.72. The van der Waals surface area contributed by atoms with Gasteiger partial charge in [-0.1, -0.05) is 19.9 Å². The number of pyridine rings is 1. The topological polar surface area (TPSA) is 102 Å². The average Bonchev–Trinajstić information content (AvgIpc) is 3.46. The van der Waals surface area contributed by atoms with Crippen molar-refractivity contribution in [3.63, 3.8) is 0 Å². The quantitative estimate of drug-likeness (QED) is 0.286. The Bertz CT molecular complexity index is 1210. The van der Waals surface area contributed by atoms with E-state index in [4.69, 9.17) is 9.47 Å². The van der Waals surface area contributed by atoms with Gasteiger partial charge in [0.25, 0.3) is 5.78 Å². The summed E-state index contributed by atoms with van der Waals surface area (Å²) in [7, 11) is 1.53. The Hall–Kier alpha value is -3.72. The number of nitrogens with zero attached hydrogens (tertiary/aromatic N) is 3. The summed E-state index contributed by atoms with van der Waals surface area (Å²) < 4.78 is 11.4. The van der Waals surface area contributed by atoms with E-state index in [9.17, 15) is 14.7 Å². The van der Waals surface area contributed by atoms with Gasteiger partial charge in [0.15, 0.2) is 16.6 Å². The normalized spacial score (nSPS) is 17.4. The van der Waals surface area contributed by atoms with Crippen molar-refractivity contribution >= 4 is 33.9 Å². The second-order valence-electron chi connectivity index (χ2n) is 8.16. The van der Waals surface area contributed by atoms with Crippen molar-refractivity contribution < 1.29 is 24.2 Å². The molecule has 2 aromatic heterocycles. The zero-order chi connectivity index (χ0) is 24.2. The third kappa shape index (κ3) is 4.51. The number of ether oxygens (including phenoxy) is 2. The molecule has 3 heterocycles. The van der Waals surface area contributed by atoms with Gasteiger partial charge in [0.1, 0.15) is 5.76 Å². The van der Waals surface area contributed by atoms with Crippen LogP contribution in [0.5, 0.6) is 11.5 Å². The second-order valence-corrected chi connectivity index (χ2v) is 9.03. The number of hydrogen-bond acceptors (Lipinski definition) is 8. The largest absolute Gasteiger partial charge is 0.507 e. The van der Waals surface area contributed by atoms with Gasteiger partial charge in [-0.3, -0.25) is 19.5 Å². The zero-order valence-electron chi connectivity index (χ0n) is 19.1. The van der Waals surface area contributed by atoms with E-state index in [-0.39, 0.29) is 11.3 Å². The fourth-order valence-corrected chi connectivity index (χ4v) is 4.39. The van der Waals surface area contributed by atoms with Crippen molar-refractivity contribution in [1.82, 2.24) is 9.97 Å². The van der Waals surface area contributed by atoms with Gasteiger partial charge in [0, 0.05) is 29.5 Å². The Balaban J connectivity index is 1.82. The van der Waals surface area contributed by atoms with Crippen molar-refractivity contribution in [1.29, 1.82) is 0 Å². The molecule has 1 saturated heterocycles. The van der Waals surface area contributed by atoms with E-state index >= 15 is 0 Å². The van der Waals surface area contributed by atoms with Crippen LogP contribution in [0.2, 0.25) is 0 Å². The molecule has 1 amide bonds. The number of Topliss-reactive ketones (excluding diaryl/α,β-unsaturated/α-hetero) is 1. The van der Waals surface area contributed by atoms with Crippen LogP contribution in [0, 0.1) is 5.92 Å².